The Morgan fingerprint density at radius 3 is 2.42 bits per heavy atom. The quantitative estimate of drug-likeness (QED) is 0.893. The van der Waals surface area contributed by atoms with E-state index in [1.54, 1.807) is 6.20 Å². The molecular weight excluding hydrogens is 250 g/mol. The molecule has 1 aliphatic rings. The number of amides is 1. The summed E-state index contributed by atoms with van der Waals surface area (Å²) in [6, 6.07) is 2.95. The minimum atomic E-state index is -0.212. The topological polar surface area (TPSA) is 68.2 Å². The van der Waals surface area contributed by atoms with E-state index in [9.17, 15) is 9.90 Å². The molecule has 1 amide bonds. The molecule has 1 aliphatic heterocycles. The zero-order chi connectivity index (χ0) is 13.8. The van der Waals surface area contributed by atoms with E-state index in [1.165, 1.54) is 37.5 Å². The summed E-state index contributed by atoms with van der Waals surface area (Å²) in [5.41, 5.74) is 0.373. The van der Waals surface area contributed by atoms with Crippen LogP contribution in [0.15, 0.2) is 24.6 Å². The molecule has 2 rings (SSSR count). The van der Waals surface area contributed by atoms with Gasteiger partial charge in [0.25, 0.3) is 5.91 Å². The van der Waals surface area contributed by atoms with Gasteiger partial charge in [-0.25, -0.2) is 0 Å². The molecule has 0 aliphatic carbocycles. The van der Waals surface area contributed by atoms with Gasteiger partial charge in [-0.1, -0.05) is 0 Å². The smallest absolute Gasteiger partial charge is 0.258 e. The fraction of sp³-hybridized carbons (Fsp3) is 0.308. The molecule has 0 fully saturated rings. The zero-order valence-electron chi connectivity index (χ0n) is 10.8. The van der Waals surface area contributed by atoms with Gasteiger partial charge in [0.1, 0.15) is 6.61 Å². The van der Waals surface area contributed by atoms with Crippen molar-refractivity contribution in [1.82, 2.24) is 4.90 Å². The molecule has 1 aromatic carbocycles. The van der Waals surface area contributed by atoms with Crippen LogP contribution in [0.1, 0.15) is 10.4 Å². The van der Waals surface area contributed by atoms with E-state index in [0.717, 1.165) is 0 Å². The number of hydrogen-bond acceptors (Lipinski definition) is 5. The van der Waals surface area contributed by atoms with Crippen LogP contribution in [-0.2, 0) is 4.74 Å². The maximum Gasteiger partial charge on any atom is 0.258 e. The summed E-state index contributed by atoms with van der Waals surface area (Å²) in [5.74, 6) is 0.0510. The van der Waals surface area contributed by atoms with Crippen molar-refractivity contribution >= 4 is 5.91 Å². The van der Waals surface area contributed by atoms with Gasteiger partial charge in [-0.15, -0.1) is 0 Å². The number of phenols is 1. The molecule has 0 spiro atoms. The van der Waals surface area contributed by atoms with Crippen molar-refractivity contribution in [2.24, 2.45) is 0 Å². The van der Waals surface area contributed by atoms with Crippen molar-refractivity contribution < 1.29 is 24.1 Å². The van der Waals surface area contributed by atoms with Gasteiger partial charge in [-0.3, -0.25) is 4.79 Å². The predicted molar refractivity (Wildman–Crippen MR) is 67.3 cm³/mol. The molecule has 19 heavy (non-hydrogen) atoms. The summed E-state index contributed by atoms with van der Waals surface area (Å²) in [7, 11) is 2.83. The normalized spacial score (nSPS) is 13.9. The van der Waals surface area contributed by atoms with Crippen molar-refractivity contribution in [2.75, 3.05) is 27.4 Å². The highest BCUT2D eigenvalue weighted by Crippen LogP contribution is 2.37. The van der Waals surface area contributed by atoms with Crippen molar-refractivity contribution in [1.29, 1.82) is 0 Å². The number of carbonyl (C=O) groups excluding carboxylic acids is 1. The molecular formula is C13H15NO5. The number of rotatable bonds is 3. The van der Waals surface area contributed by atoms with Crippen LogP contribution in [0, 0.1) is 0 Å². The molecule has 0 aromatic heterocycles. The van der Waals surface area contributed by atoms with Crippen LogP contribution < -0.4 is 9.47 Å². The first-order valence-electron chi connectivity index (χ1n) is 5.71. The Bertz CT molecular complexity index is 487. The van der Waals surface area contributed by atoms with Gasteiger partial charge in [0.15, 0.2) is 11.5 Å². The fourth-order valence-corrected chi connectivity index (χ4v) is 1.76. The Kier molecular flexibility index (Phi) is 3.79. The Labute approximate surface area is 110 Å². The third-order valence-corrected chi connectivity index (χ3v) is 2.77. The molecule has 0 atom stereocenters. The van der Waals surface area contributed by atoms with Gasteiger partial charge < -0.3 is 24.2 Å². The van der Waals surface area contributed by atoms with Crippen molar-refractivity contribution in [3.05, 3.63) is 30.2 Å². The van der Waals surface area contributed by atoms with E-state index in [0.29, 0.717) is 18.7 Å². The van der Waals surface area contributed by atoms with Gasteiger partial charge in [-0.05, 0) is 12.1 Å². The molecule has 1 heterocycles. The first-order chi connectivity index (χ1) is 9.17. The van der Waals surface area contributed by atoms with Crippen LogP contribution in [0.4, 0.5) is 0 Å². The monoisotopic (exact) mass is 265 g/mol. The first-order valence-corrected chi connectivity index (χ1v) is 5.71. The fourth-order valence-electron chi connectivity index (χ4n) is 1.76. The maximum absolute atomic E-state index is 12.3. The summed E-state index contributed by atoms with van der Waals surface area (Å²) >= 11 is 0. The largest absolute Gasteiger partial charge is 0.502 e. The Balaban J connectivity index is 2.36. The number of benzene rings is 1. The lowest BCUT2D eigenvalue weighted by Gasteiger charge is -2.22. The van der Waals surface area contributed by atoms with Crippen LogP contribution in [0.5, 0.6) is 17.2 Å². The number of nitrogens with zero attached hydrogens (tertiary/aromatic N) is 1. The van der Waals surface area contributed by atoms with E-state index in [-0.39, 0.29) is 23.2 Å². The molecule has 0 unspecified atom stereocenters. The summed E-state index contributed by atoms with van der Waals surface area (Å²) in [4.78, 5) is 13.8. The van der Waals surface area contributed by atoms with Gasteiger partial charge in [0.05, 0.1) is 27.0 Å². The van der Waals surface area contributed by atoms with E-state index in [4.69, 9.17) is 14.2 Å². The number of hydrogen-bond donors (Lipinski definition) is 1. The molecule has 0 saturated heterocycles. The van der Waals surface area contributed by atoms with E-state index in [2.05, 4.69) is 0 Å². The molecule has 6 heteroatoms. The predicted octanol–water partition coefficient (Wildman–Crippen LogP) is 1.35. The van der Waals surface area contributed by atoms with Gasteiger partial charge in [0.2, 0.25) is 5.75 Å². The lowest BCUT2D eigenvalue weighted by molar-refractivity contribution is 0.0751. The number of phenolic OH excluding ortho intramolecular Hbond substituents is 1. The number of carbonyl (C=O) groups is 1. The van der Waals surface area contributed by atoms with Crippen molar-refractivity contribution in [3.63, 3.8) is 0 Å². The standard InChI is InChI=1S/C13H15NO5/c1-17-10-7-9(8-11(18-2)12(10)15)13(16)14-3-5-19-6-4-14/h3,5,7-8,15H,4,6H2,1-2H3. The van der Waals surface area contributed by atoms with Gasteiger partial charge >= 0.3 is 0 Å². The zero-order valence-corrected chi connectivity index (χ0v) is 10.8. The number of methoxy groups -OCH3 is 2. The highest BCUT2D eigenvalue weighted by Gasteiger charge is 2.20. The van der Waals surface area contributed by atoms with E-state index in [1.807, 2.05) is 0 Å². The van der Waals surface area contributed by atoms with Crippen LogP contribution in [0.25, 0.3) is 0 Å². The van der Waals surface area contributed by atoms with E-state index < -0.39 is 0 Å². The van der Waals surface area contributed by atoms with Gasteiger partial charge in [0, 0.05) is 11.8 Å². The molecule has 0 radical (unpaired) electrons. The second-order valence-electron chi connectivity index (χ2n) is 3.88. The average Bonchev–Trinajstić information content (AvgIpc) is 2.47. The first kappa shape index (κ1) is 13.1. The molecule has 1 aromatic rings. The van der Waals surface area contributed by atoms with E-state index >= 15 is 0 Å². The van der Waals surface area contributed by atoms with Crippen LogP contribution in [-0.4, -0.2) is 43.3 Å². The second kappa shape index (κ2) is 5.51. The summed E-state index contributed by atoms with van der Waals surface area (Å²) in [6.45, 7) is 0.926. The summed E-state index contributed by atoms with van der Waals surface area (Å²) < 4.78 is 15.1. The number of aromatic hydroxyl groups is 1. The Morgan fingerprint density at radius 1 is 1.32 bits per heavy atom. The molecule has 0 bridgehead atoms. The van der Waals surface area contributed by atoms with Crippen molar-refractivity contribution in [2.45, 2.75) is 0 Å². The lowest BCUT2D eigenvalue weighted by Crippen LogP contribution is -2.31. The maximum atomic E-state index is 12.3. The third-order valence-electron chi connectivity index (χ3n) is 2.77. The summed E-state index contributed by atoms with van der Waals surface area (Å²) in [5, 5.41) is 9.80. The highest BCUT2D eigenvalue weighted by molar-refractivity contribution is 5.96. The van der Waals surface area contributed by atoms with Gasteiger partial charge in [-0.2, -0.15) is 0 Å². The highest BCUT2D eigenvalue weighted by atomic mass is 16.5. The summed E-state index contributed by atoms with van der Waals surface area (Å²) in [6.07, 6.45) is 3.04. The minimum absolute atomic E-state index is 0.126. The second-order valence-corrected chi connectivity index (χ2v) is 3.88. The average molecular weight is 265 g/mol. The van der Waals surface area contributed by atoms with Crippen LogP contribution >= 0.6 is 0 Å². The molecule has 102 valence electrons. The molecule has 6 nitrogen and oxygen atoms in total. The lowest BCUT2D eigenvalue weighted by atomic mass is 10.1. The van der Waals surface area contributed by atoms with Crippen LogP contribution in [0.3, 0.4) is 0 Å². The molecule has 1 N–H and O–H groups in total. The Hall–Kier alpha value is -2.37. The van der Waals surface area contributed by atoms with Crippen molar-refractivity contribution in [3.8, 4) is 17.2 Å². The third kappa shape index (κ3) is 2.57. The molecule has 0 saturated carbocycles. The van der Waals surface area contributed by atoms with Crippen LogP contribution in [0.2, 0.25) is 0 Å². The number of ether oxygens (including phenoxy) is 3. The SMILES string of the molecule is COc1cc(C(=O)N2C=COCC2)cc(OC)c1O. The Morgan fingerprint density at radius 2 is 1.95 bits per heavy atom. The minimum Gasteiger partial charge on any atom is -0.502 e.